The van der Waals surface area contributed by atoms with Crippen LogP contribution in [0.2, 0.25) is 0 Å². The lowest BCUT2D eigenvalue weighted by atomic mass is 10.2. The maximum absolute atomic E-state index is 12.4. The highest BCUT2D eigenvalue weighted by Crippen LogP contribution is 2.15. The molecule has 0 saturated carbocycles. The van der Waals surface area contributed by atoms with Gasteiger partial charge in [-0.15, -0.1) is 0 Å². The molecule has 158 valence electrons. The van der Waals surface area contributed by atoms with Gasteiger partial charge in [0.15, 0.2) is 5.96 Å². The van der Waals surface area contributed by atoms with Crippen LogP contribution in [0, 0.1) is 0 Å². The average Bonchev–Trinajstić information content (AvgIpc) is 2.65. The van der Waals surface area contributed by atoms with Gasteiger partial charge < -0.3 is 20.4 Å². The fourth-order valence-electron chi connectivity index (χ4n) is 2.55. The van der Waals surface area contributed by atoms with Crippen molar-refractivity contribution in [3.63, 3.8) is 0 Å². The second-order valence-corrected chi connectivity index (χ2v) is 6.26. The highest BCUT2D eigenvalue weighted by atomic mass is 19.4. The number of halogens is 3. The summed E-state index contributed by atoms with van der Waals surface area (Å²) < 4.78 is 37.1. The summed E-state index contributed by atoms with van der Waals surface area (Å²) in [6.45, 7) is 5.30. The van der Waals surface area contributed by atoms with Gasteiger partial charge in [0.25, 0.3) is 0 Å². The predicted octanol–water partition coefficient (Wildman–Crippen LogP) is 2.48. The molecule has 0 aliphatic rings. The number of hydrogen-bond acceptors (Lipinski definition) is 3. The average molecular weight is 401 g/mol. The molecular weight excluding hydrogens is 371 g/mol. The number of nitrogens with zero attached hydrogens (tertiary/aromatic N) is 3. The Morgan fingerprint density at radius 3 is 2.39 bits per heavy atom. The number of alkyl halides is 3. The first-order chi connectivity index (χ1) is 13.3. The highest BCUT2D eigenvalue weighted by molar-refractivity contribution is 5.84. The lowest BCUT2D eigenvalue weighted by Gasteiger charge is -2.23. The number of benzene rings is 1. The van der Waals surface area contributed by atoms with Crippen molar-refractivity contribution in [1.82, 2.24) is 15.5 Å². The number of anilines is 1. The van der Waals surface area contributed by atoms with Crippen LogP contribution in [0.15, 0.2) is 35.3 Å². The molecule has 0 spiro atoms. The number of hydrogen-bond donors (Lipinski definition) is 2. The van der Waals surface area contributed by atoms with Crippen LogP contribution in [0.5, 0.6) is 0 Å². The van der Waals surface area contributed by atoms with Gasteiger partial charge in [0.05, 0.1) is 0 Å². The summed E-state index contributed by atoms with van der Waals surface area (Å²) in [7, 11) is 1.12. The minimum absolute atomic E-state index is 0.340. The van der Waals surface area contributed by atoms with E-state index in [0.29, 0.717) is 23.9 Å². The number of carbonyl (C=O) groups excluding carboxylic acids is 1. The minimum atomic E-state index is -4.42. The Kier molecular flexibility index (Phi) is 10.2. The van der Waals surface area contributed by atoms with Crippen molar-refractivity contribution in [1.29, 1.82) is 0 Å². The third-order valence-electron chi connectivity index (χ3n) is 3.96. The van der Waals surface area contributed by atoms with E-state index in [-0.39, 0.29) is 6.54 Å². The number of nitrogens with one attached hydrogen (secondary N) is 2. The van der Waals surface area contributed by atoms with Crippen molar-refractivity contribution in [2.24, 2.45) is 4.99 Å². The second-order valence-electron chi connectivity index (χ2n) is 6.26. The molecule has 1 aromatic rings. The fourth-order valence-corrected chi connectivity index (χ4v) is 2.55. The Morgan fingerprint density at radius 1 is 1.14 bits per heavy atom. The molecule has 0 aliphatic heterocycles. The summed E-state index contributed by atoms with van der Waals surface area (Å²) >= 11 is 0. The van der Waals surface area contributed by atoms with Crippen molar-refractivity contribution in [2.75, 3.05) is 51.2 Å². The Morgan fingerprint density at radius 2 is 1.82 bits per heavy atom. The third kappa shape index (κ3) is 9.48. The highest BCUT2D eigenvalue weighted by Gasteiger charge is 2.31. The molecule has 0 aromatic heterocycles. The van der Waals surface area contributed by atoms with Crippen LogP contribution in [-0.4, -0.2) is 69.3 Å². The molecule has 1 amide bonds. The minimum Gasteiger partial charge on any atom is -0.372 e. The Bertz CT molecular complexity index is 607. The first kappa shape index (κ1) is 23.6. The molecule has 1 rings (SSSR count). The molecule has 28 heavy (non-hydrogen) atoms. The van der Waals surface area contributed by atoms with E-state index in [2.05, 4.69) is 39.6 Å². The molecule has 6 nitrogen and oxygen atoms in total. The summed E-state index contributed by atoms with van der Waals surface area (Å²) in [5.74, 6) is -0.269. The first-order valence-electron chi connectivity index (χ1n) is 9.39. The van der Waals surface area contributed by atoms with Gasteiger partial charge in [0, 0.05) is 38.9 Å². The van der Waals surface area contributed by atoms with E-state index in [4.69, 9.17) is 0 Å². The molecule has 0 bridgehead atoms. The van der Waals surface area contributed by atoms with Crippen LogP contribution >= 0.6 is 0 Å². The van der Waals surface area contributed by atoms with E-state index >= 15 is 0 Å². The van der Waals surface area contributed by atoms with Gasteiger partial charge in [-0.05, 0) is 32.4 Å². The molecule has 0 fully saturated rings. The zero-order chi connectivity index (χ0) is 21.0. The van der Waals surface area contributed by atoms with Crippen LogP contribution in [0.25, 0.3) is 0 Å². The molecule has 9 heteroatoms. The second kappa shape index (κ2) is 12.1. The smallest absolute Gasteiger partial charge is 0.372 e. The number of aliphatic imine (C=N–C) groups is 1. The number of para-hydroxylation sites is 1. The van der Waals surface area contributed by atoms with Gasteiger partial charge in [-0.2, -0.15) is 13.2 Å². The maximum atomic E-state index is 12.4. The first-order valence-corrected chi connectivity index (χ1v) is 9.39. The van der Waals surface area contributed by atoms with Crippen molar-refractivity contribution in [3.05, 3.63) is 30.3 Å². The summed E-state index contributed by atoms with van der Waals surface area (Å²) in [6.07, 6.45) is -3.57. The van der Waals surface area contributed by atoms with E-state index < -0.39 is 18.6 Å². The molecule has 0 heterocycles. The number of carbonyl (C=O) groups is 1. The quantitative estimate of drug-likeness (QED) is 0.359. The van der Waals surface area contributed by atoms with E-state index in [1.807, 2.05) is 25.1 Å². The normalized spacial score (nSPS) is 11.9. The number of guanidine groups is 1. The van der Waals surface area contributed by atoms with Crippen LogP contribution in [-0.2, 0) is 4.79 Å². The molecule has 0 unspecified atom stereocenters. The Balaban J connectivity index is 2.47. The van der Waals surface area contributed by atoms with Crippen LogP contribution < -0.4 is 15.5 Å². The SMILES string of the molecule is CCNC(=NCC(=O)N(C)CC(F)(F)F)NCCCN(CC)c1ccccc1. The van der Waals surface area contributed by atoms with E-state index in [1.54, 1.807) is 0 Å². The number of rotatable bonds is 10. The van der Waals surface area contributed by atoms with Gasteiger partial charge in [0.2, 0.25) is 5.91 Å². The molecule has 0 atom stereocenters. The van der Waals surface area contributed by atoms with Gasteiger partial charge in [-0.25, -0.2) is 4.99 Å². The zero-order valence-corrected chi connectivity index (χ0v) is 16.7. The molecule has 2 N–H and O–H groups in total. The molecular formula is C19H30F3N5O. The van der Waals surface area contributed by atoms with Crippen molar-refractivity contribution >= 4 is 17.6 Å². The van der Waals surface area contributed by atoms with Gasteiger partial charge in [-0.3, -0.25) is 4.79 Å². The van der Waals surface area contributed by atoms with Crippen LogP contribution in [0.4, 0.5) is 18.9 Å². The Hall–Kier alpha value is -2.45. The van der Waals surface area contributed by atoms with Crippen molar-refractivity contribution < 1.29 is 18.0 Å². The standard InChI is InChI=1S/C19H30F3N5O/c1-4-23-18(25-14-17(28)26(3)15-19(20,21)22)24-12-9-13-27(5-2)16-10-7-6-8-11-16/h6-8,10-11H,4-5,9,12-15H2,1-3H3,(H2,23,24,25). The van der Waals surface area contributed by atoms with E-state index in [9.17, 15) is 18.0 Å². The molecule has 0 saturated heterocycles. The van der Waals surface area contributed by atoms with Gasteiger partial charge >= 0.3 is 6.18 Å². The van der Waals surface area contributed by atoms with E-state index in [1.165, 1.54) is 0 Å². The maximum Gasteiger partial charge on any atom is 0.406 e. The largest absolute Gasteiger partial charge is 0.406 e. The van der Waals surface area contributed by atoms with Crippen LogP contribution in [0.1, 0.15) is 20.3 Å². The monoisotopic (exact) mass is 401 g/mol. The fraction of sp³-hybridized carbons (Fsp3) is 0.579. The van der Waals surface area contributed by atoms with Crippen LogP contribution in [0.3, 0.4) is 0 Å². The number of amides is 1. The lowest BCUT2D eigenvalue weighted by Crippen LogP contribution is -2.41. The molecule has 0 aliphatic carbocycles. The number of likely N-dealkylation sites (N-methyl/N-ethyl adjacent to an activating group) is 1. The topological polar surface area (TPSA) is 60.0 Å². The van der Waals surface area contributed by atoms with Crippen molar-refractivity contribution in [3.8, 4) is 0 Å². The van der Waals surface area contributed by atoms with Gasteiger partial charge in [0.1, 0.15) is 13.1 Å². The summed E-state index contributed by atoms with van der Waals surface area (Å²) in [5, 5.41) is 6.10. The van der Waals surface area contributed by atoms with Gasteiger partial charge in [-0.1, -0.05) is 18.2 Å². The summed E-state index contributed by atoms with van der Waals surface area (Å²) in [5.41, 5.74) is 1.16. The third-order valence-corrected chi connectivity index (χ3v) is 3.96. The van der Waals surface area contributed by atoms with E-state index in [0.717, 1.165) is 32.2 Å². The summed E-state index contributed by atoms with van der Waals surface area (Å²) in [4.78, 5) is 18.8. The summed E-state index contributed by atoms with van der Waals surface area (Å²) in [6, 6.07) is 10.1. The zero-order valence-electron chi connectivity index (χ0n) is 16.7. The molecule has 1 aromatic carbocycles. The van der Waals surface area contributed by atoms with Crippen molar-refractivity contribution in [2.45, 2.75) is 26.4 Å². The lowest BCUT2D eigenvalue weighted by molar-refractivity contribution is -0.157. The molecule has 0 radical (unpaired) electrons. The Labute approximate surface area is 164 Å². The predicted molar refractivity (Wildman–Crippen MR) is 107 cm³/mol.